The average Bonchev–Trinajstić information content (AvgIpc) is 4.15. The fourth-order valence-electron chi connectivity index (χ4n) is 9.65. The Morgan fingerprint density at radius 3 is 1.52 bits per heavy atom. The highest BCUT2D eigenvalue weighted by Crippen LogP contribution is 2.25. The lowest BCUT2D eigenvalue weighted by atomic mass is 9.99. The number of aliphatic hydroxyl groups excluding tert-OH is 2. The zero-order valence-corrected chi connectivity index (χ0v) is 43.9. The van der Waals surface area contributed by atoms with E-state index < -0.39 is 120 Å². The fraction of sp³-hybridized carbons (Fsp3) is 0.680. The topological polar surface area (TPSA) is 395 Å². The first-order chi connectivity index (χ1) is 35.3. The number of hydrogen-bond donors (Lipinski definition) is 12. The van der Waals surface area contributed by atoms with E-state index in [1.54, 1.807) is 12.1 Å². The van der Waals surface area contributed by atoms with Crippen LogP contribution in [0.2, 0.25) is 0 Å². The summed E-state index contributed by atoms with van der Waals surface area (Å²) in [6.45, 7) is 10.4. The van der Waals surface area contributed by atoms with Crippen molar-refractivity contribution in [3.05, 3.63) is 29.8 Å². The van der Waals surface area contributed by atoms with Crippen LogP contribution in [0.15, 0.2) is 29.3 Å². The number of rotatable bonds is 26. The van der Waals surface area contributed by atoms with E-state index >= 15 is 0 Å². The number of carboxylic acid groups (broad SMARTS) is 1. The van der Waals surface area contributed by atoms with Gasteiger partial charge in [0.15, 0.2) is 5.96 Å². The van der Waals surface area contributed by atoms with Gasteiger partial charge in [0.25, 0.3) is 0 Å². The number of phenolic OH excluding ortho intramolecular Hbond substituents is 1. The van der Waals surface area contributed by atoms with Gasteiger partial charge in [-0.3, -0.25) is 43.3 Å². The summed E-state index contributed by atoms with van der Waals surface area (Å²) in [4.78, 5) is 132. The molecule has 3 aliphatic rings. The first-order valence-electron chi connectivity index (χ1n) is 25.9. The van der Waals surface area contributed by atoms with Crippen molar-refractivity contribution in [1.82, 2.24) is 41.3 Å². The standard InChI is InChI=1S/C50H80N12O13/c1-26(2)23-34(57-41(66)32(11-7-19-54-50(52)53)55-45(70)39(51)28(5)63)46(71)60-20-8-12-36(60)43(68)56-33(25-30-15-17-31(65)18-16-30)42(67)58-35(24-27(3)4)47(72)61-21-9-13-37(61)44(69)59-40(29(6)64)48(73)62-22-10-14-38(62)49(74)75/h15-18,26-29,32-40,63-65H,7-14,19-25,51H2,1-6H3,(H,55,70)(H,56,68)(H,57,66)(H,58,67)(H,59,69)(H,74,75)(H4,52,53,54)/t28-,29-,32+,33+,34+,35+,36+,37+,38+,39+,40+/m1/s1. The predicted octanol–water partition coefficient (Wildman–Crippen LogP) is -2.35. The number of aliphatic carboxylic acids is 1. The molecule has 0 radical (unpaired) electrons. The van der Waals surface area contributed by atoms with Crippen LogP contribution >= 0.6 is 0 Å². The van der Waals surface area contributed by atoms with Gasteiger partial charge in [-0.2, -0.15) is 0 Å². The molecule has 0 saturated carbocycles. The molecule has 75 heavy (non-hydrogen) atoms. The number of carbonyl (C=O) groups is 9. The highest BCUT2D eigenvalue weighted by Gasteiger charge is 2.44. The molecule has 3 fully saturated rings. The van der Waals surface area contributed by atoms with Crippen molar-refractivity contribution in [2.24, 2.45) is 34.0 Å². The van der Waals surface area contributed by atoms with Crippen LogP contribution in [0.3, 0.4) is 0 Å². The highest BCUT2D eigenvalue weighted by molar-refractivity contribution is 5.98. The van der Waals surface area contributed by atoms with Crippen LogP contribution < -0.4 is 43.8 Å². The Kier molecular flexibility index (Phi) is 23.0. The first kappa shape index (κ1) is 61.0. The summed E-state index contributed by atoms with van der Waals surface area (Å²) in [6.07, 6.45) is -0.437. The summed E-state index contributed by atoms with van der Waals surface area (Å²) >= 11 is 0. The molecule has 25 nitrogen and oxygen atoms in total. The molecule has 0 aliphatic carbocycles. The largest absolute Gasteiger partial charge is 0.508 e. The third-order valence-electron chi connectivity index (χ3n) is 13.6. The van der Waals surface area contributed by atoms with Crippen LogP contribution in [0, 0.1) is 11.8 Å². The summed E-state index contributed by atoms with van der Waals surface area (Å²) in [7, 11) is 0. The van der Waals surface area contributed by atoms with E-state index in [1.165, 1.54) is 35.8 Å². The van der Waals surface area contributed by atoms with Gasteiger partial charge < -0.3 is 78.9 Å². The molecule has 0 aromatic heterocycles. The Balaban J connectivity index is 1.56. The molecule has 0 spiro atoms. The van der Waals surface area contributed by atoms with Crippen LogP contribution in [-0.2, 0) is 49.6 Å². The van der Waals surface area contributed by atoms with Gasteiger partial charge in [0, 0.05) is 32.6 Å². The number of aliphatic hydroxyl groups is 2. The second-order valence-corrected chi connectivity index (χ2v) is 20.7. The summed E-state index contributed by atoms with van der Waals surface area (Å²) in [6, 6.07) is -5.21. The van der Waals surface area contributed by atoms with Gasteiger partial charge in [0.05, 0.1) is 12.2 Å². The Morgan fingerprint density at radius 2 is 1.07 bits per heavy atom. The van der Waals surface area contributed by atoms with Crippen LogP contribution in [0.4, 0.5) is 0 Å². The van der Waals surface area contributed by atoms with Gasteiger partial charge in [-0.25, -0.2) is 4.79 Å². The van der Waals surface area contributed by atoms with E-state index in [-0.39, 0.29) is 101 Å². The molecule has 0 unspecified atom stereocenters. The summed E-state index contributed by atoms with van der Waals surface area (Å²) in [5, 5.41) is 53.8. The monoisotopic (exact) mass is 1060 g/mol. The number of nitrogens with one attached hydrogen (secondary N) is 5. The van der Waals surface area contributed by atoms with Crippen molar-refractivity contribution >= 4 is 59.2 Å². The van der Waals surface area contributed by atoms with Crippen LogP contribution in [-0.4, -0.2) is 187 Å². The maximum Gasteiger partial charge on any atom is 0.326 e. The van der Waals surface area contributed by atoms with Crippen molar-refractivity contribution in [3.8, 4) is 5.75 Å². The zero-order chi connectivity index (χ0) is 55.8. The van der Waals surface area contributed by atoms with Crippen molar-refractivity contribution in [1.29, 1.82) is 0 Å². The van der Waals surface area contributed by atoms with Gasteiger partial charge in [-0.05, 0) is 108 Å². The molecule has 15 N–H and O–H groups in total. The maximum atomic E-state index is 14.6. The normalized spacial score (nSPS) is 20.7. The summed E-state index contributed by atoms with van der Waals surface area (Å²) in [5.74, 6) is -7.44. The number of aliphatic imine (C=N–C) groups is 1. The molecule has 25 heteroatoms. The number of hydrogen-bond acceptors (Lipinski definition) is 14. The van der Waals surface area contributed by atoms with Crippen LogP contribution in [0.5, 0.6) is 5.75 Å². The molecule has 1 aromatic carbocycles. The second-order valence-electron chi connectivity index (χ2n) is 20.7. The molecular weight excluding hydrogens is 977 g/mol. The number of amides is 8. The van der Waals surface area contributed by atoms with Crippen LogP contribution in [0.1, 0.15) is 111 Å². The summed E-state index contributed by atoms with van der Waals surface area (Å²) in [5.41, 5.74) is 17.3. The molecule has 3 heterocycles. The Bertz CT molecular complexity index is 2210. The minimum Gasteiger partial charge on any atom is -0.508 e. The van der Waals surface area contributed by atoms with E-state index in [0.29, 0.717) is 24.8 Å². The number of carboxylic acids is 1. The molecule has 11 atom stereocenters. The minimum absolute atomic E-state index is 0.0314. The number of aromatic hydroxyl groups is 1. The van der Waals surface area contributed by atoms with Crippen molar-refractivity contribution < 1.29 is 63.6 Å². The molecule has 0 bridgehead atoms. The molecule has 3 aliphatic heterocycles. The molecule has 418 valence electrons. The Morgan fingerprint density at radius 1 is 0.613 bits per heavy atom. The summed E-state index contributed by atoms with van der Waals surface area (Å²) < 4.78 is 0. The zero-order valence-electron chi connectivity index (χ0n) is 43.9. The molecule has 3 saturated heterocycles. The van der Waals surface area contributed by atoms with Gasteiger partial charge in [0.2, 0.25) is 47.3 Å². The number of benzene rings is 1. The van der Waals surface area contributed by atoms with Gasteiger partial charge in [-0.1, -0.05) is 39.8 Å². The van der Waals surface area contributed by atoms with E-state index in [4.69, 9.17) is 17.2 Å². The second kappa shape index (κ2) is 28.3. The number of carbonyl (C=O) groups excluding carboxylic acids is 8. The molecule has 4 rings (SSSR count). The SMILES string of the molecule is CC(C)C[C@H](NC(=O)[C@H](CCCN=C(N)N)NC(=O)[C@@H](N)[C@@H](C)O)C(=O)N1CCC[C@H]1C(=O)N[C@@H](Cc1ccc(O)cc1)C(=O)N[C@@H](CC(C)C)C(=O)N1CCC[C@H]1C(=O)N[C@H](C(=O)N1CCC[C@H]1C(=O)O)[C@@H](C)O. The lowest BCUT2D eigenvalue weighted by Gasteiger charge is -2.33. The Labute approximate surface area is 437 Å². The number of nitrogens with two attached hydrogens (primary N) is 3. The van der Waals surface area contributed by atoms with Crippen molar-refractivity contribution in [2.45, 2.75) is 179 Å². The average molecular weight is 1060 g/mol. The number of guanidine groups is 1. The molecule has 1 aromatic rings. The Hall–Kier alpha value is -6.60. The van der Waals surface area contributed by atoms with Gasteiger partial charge in [-0.15, -0.1) is 0 Å². The molecule has 8 amide bonds. The van der Waals surface area contributed by atoms with Crippen molar-refractivity contribution in [3.63, 3.8) is 0 Å². The lowest BCUT2D eigenvalue weighted by molar-refractivity contribution is -0.151. The number of phenols is 1. The predicted molar refractivity (Wildman–Crippen MR) is 273 cm³/mol. The van der Waals surface area contributed by atoms with E-state index in [1.807, 2.05) is 27.7 Å². The molecular formula is C50H80N12O13. The third kappa shape index (κ3) is 17.5. The van der Waals surface area contributed by atoms with E-state index in [0.717, 1.165) is 4.90 Å². The minimum atomic E-state index is -1.50. The third-order valence-corrected chi connectivity index (χ3v) is 13.6. The number of nitrogens with zero attached hydrogens (tertiary/aromatic N) is 4. The quantitative estimate of drug-likeness (QED) is 0.0263. The smallest absolute Gasteiger partial charge is 0.326 e. The van der Waals surface area contributed by atoms with Crippen molar-refractivity contribution in [2.75, 3.05) is 26.2 Å². The van der Waals surface area contributed by atoms with E-state index in [9.17, 15) is 63.6 Å². The maximum absolute atomic E-state index is 14.6. The van der Waals surface area contributed by atoms with Crippen LogP contribution in [0.25, 0.3) is 0 Å². The van der Waals surface area contributed by atoms with E-state index in [2.05, 4.69) is 31.6 Å². The fourth-order valence-corrected chi connectivity index (χ4v) is 9.65. The van der Waals surface area contributed by atoms with Gasteiger partial charge >= 0.3 is 5.97 Å². The highest BCUT2D eigenvalue weighted by atomic mass is 16.4. The first-order valence-corrected chi connectivity index (χ1v) is 25.9. The van der Waals surface area contributed by atoms with Gasteiger partial charge in [0.1, 0.15) is 60.1 Å². The lowest BCUT2D eigenvalue weighted by Crippen LogP contribution is -2.61. The number of likely N-dealkylation sites (tertiary alicyclic amines) is 3.